The molecular formula is C13H14F2O. The normalized spacial score (nSPS) is 16.1. The zero-order valence-corrected chi connectivity index (χ0v) is 8.96. The lowest BCUT2D eigenvalue weighted by Crippen LogP contribution is -2.01. The number of rotatable bonds is 3. The van der Waals surface area contributed by atoms with E-state index in [0.29, 0.717) is 0 Å². The summed E-state index contributed by atoms with van der Waals surface area (Å²) in [7, 11) is 0. The summed E-state index contributed by atoms with van der Waals surface area (Å²) >= 11 is 0. The van der Waals surface area contributed by atoms with Crippen LogP contribution in [0.1, 0.15) is 31.2 Å². The molecule has 0 atom stereocenters. The van der Waals surface area contributed by atoms with Gasteiger partial charge in [0.05, 0.1) is 0 Å². The number of hydrogen-bond donors (Lipinski definition) is 0. The molecule has 0 radical (unpaired) electrons. The topological polar surface area (TPSA) is 9.23 Å². The van der Waals surface area contributed by atoms with Crippen molar-refractivity contribution in [3.05, 3.63) is 35.9 Å². The van der Waals surface area contributed by atoms with Crippen molar-refractivity contribution in [3.63, 3.8) is 0 Å². The Labute approximate surface area is 93.7 Å². The van der Waals surface area contributed by atoms with E-state index in [0.717, 1.165) is 18.4 Å². The van der Waals surface area contributed by atoms with Crippen molar-refractivity contribution in [1.29, 1.82) is 0 Å². The van der Waals surface area contributed by atoms with Crippen molar-refractivity contribution in [2.45, 2.75) is 32.3 Å². The van der Waals surface area contributed by atoms with Crippen LogP contribution in [0.5, 0.6) is 5.75 Å². The highest BCUT2D eigenvalue weighted by molar-refractivity contribution is 5.66. The summed E-state index contributed by atoms with van der Waals surface area (Å²) in [6.07, 6.45) is 6.88. The Balaban J connectivity index is 2.09. The highest BCUT2D eigenvalue weighted by Crippen LogP contribution is 2.28. The molecule has 16 heavy (non-hydrogen) atoms. The first-order valence-corrected chi connectivity index (χ1v) is 5.50. The molecule has 0 heterocycles. The minimum Gasteiger partial charge on any atom is -0.435 e. The number of alkyl halides is 2. The monoisotopic (exact) mass is 224 g/mol. The Morgan fingerprint density at radius 2 is 1.81 bits per heavy atom. The second kappa shape index (κ2) is 5.10. The van der Waals surface area contributed by atoms with E-state index in [1.54, 1.807) is 12.1 Å². The average molecular weight is 224 g/mol. The van der Waals surface area contributed by atoms with Gasteiger partial charge in [0.25, 0.3) is 0 Å². The Bertz CT molecular complexity index is 368. The van der Waals surface area contributed by atoms with E-state index >= 15 is 0 Å². The highest BCUT2D eigenvalue weighted by atomic mass is 19.3. The standard InChI is InChI=1S/C13H14F2O/c14-13(15)16-12-8-6-11(7-9-12)10-4-2-1-3-5-10/h4,6-9,13H,1-3,5H2. The summed E-state index contributed by atoms with van der Waals surface area (Å²) in [5, 5.41) is 0. The van der Waals surface area contributed by atoms with Crippen LogP contribution in [0.4, 0.5) is 8.78 Å². The van der Waals surface area contributed by atoms with E-state index in [2.05, 4.69) is 10.8 Å². The van der Waals surface area contributed by atoms with Crippen LogP contribution in [-0.4, -0.2) is 6.61 Å². The Hall–Kier alpha value is -1.38. The van der Waals surface area contributed by atoms with E-state index in [-0.39, 0.29) is 5.75 Å². The zero-order valence-electron chi connectivity index (χ0n) is 8.96. The Kier molecular flexibility index (Phi) is 3.54. The first-order chi connectivity index (χ1) is 7.75. The van der Waals surface area contributed by atoms with Gasteiger partial charge >= 0.3 is 6.61 Å². The molecule has 3 heteroatoms. The molecule has 1 aromatic carbocycles. The first-order valence-electron chi connectivity index (χ1n) is 5.50. The number of halogens is 2. The molecule has 1 aromatic rings. The molecule has 1 aliphatic carbocycles. The molecule has 0 amide bonds. The second-order valence-corrected chi connectivity index (χ2v) is 3.88. The van der Waals surface area contributed by atoms with Crippen LogP contribution >= 0.6 is 0 Å². The van der Waals surface area contributed by atoms with Crippen LogP contribution in [0.2, 0.25) is 0 Å². The lowest BCUT2D eigenvalue weighted by Gasteiger charge is -2.13. The molecule has 86 valence electrons. The van der Waals surface area contributed by atoms with Crippen LogP contribution < -0.4 is 4.74 Å². The Morgan fingerprint density at radius 3 is 2.38 bits per heavy atom. The third kappa shape index (κ3) is 2.81. The van der Waals surface area contributed by atoms with Crippen LogP contribution in [0.3, 0.4) is 0 Å². The van der Waals surface area contributed by atoms with Gasteiger partial charge < -0.3 is 4.74 Å². The van der Waals surface area contributed by atoms with Crippen LogP contribution in [0, 0.1) is 0 Å². The fraction of sp³-hybridized carbons (Fsp3) is 0.385. The van der Waals surface area contributed by atoms with Crippen molar-refractivity contribution in [1.82, 2.24) is 0 Å². The average Bonchev–Trinajstić information content (AvgIpc) is 2.30. The van der Waals surface area contributed by atoms with Gasteiger partial charge in [-0.3, -0.25) is 0 Å². The molecule has 0 saturated carbocycles. The van der Waals surface area contributed by atoms with Gasteiger partial charge in [0.1, 0.15) is 5.75 Å². The lowest BCUT2D eigenvalue weighted by molar-refractivity contribution is -0.0498. The number of allylic oxidation sites excluding steroid dienone is 2. The molecule has 1 aliphatic rings. The summed E-state index contributed by atoms with van der Waals surface area (Å²) < 4.78 is 28.2. The molecule has 0 aliphatic heterocycles. The Morgan fingerprint density at radius 1 is 1.06 bits per heavy atom. The van der Waals surface area contributed by atoms with Gasteiger partial charge in [-0.1, -0.05) is 18.2 Å². The van der Waals surface area contributed by atoms with E-state index in [1.165, 1.54) is 18.4 Å². The van der Waals surface area contributed by atoms with Gasteiger partial charge in [-0.25, -0.2) is 0 Å². The fourth-order valence-electron chi connectivity index (χ4n) is 1.95. The van der Waals surface area contributed by atoms with Gasteiger partial charge in [-0.2, -0.15) is 8.78 Å². The van der Waals surface area contributed by atoms with E-state index < -0.39 is 6.61 Å². The van der Waals surface area contributed by atoms with Gasteiger partial charge in [-0.15, -0.1) is 0 Å². The molecule has 1 nitrogen and oxygen atoms in total. The van der Waals surface area contributed by atoms with Crippen LogP contribution in [0.15, 0.2) is 30.3 Å². The molecule has 0 aromatic heterocycles. The molecule has 0 N–H and O–H groups in total. The summed E-state index contributed by atoms with van der Waals surface area (Å²) in [5.74, 6) is 0.218. The van der Waals surface area contributed by atoms with E-state index in [1.807, 2.05) is 12.1 Å². The maximum absolute atomic E-state index is 11.9. The fourth-order valence-corrected chi connectivity index (χ4v) is 1.95. The van der Waals surface area contributed by atoms with Gasteiger partial charge in [0.2, 0.25) is 0 Å². The predicted molar refractivity (Wildman–Crippen MR) is 59.5 cm³/mol. The van der Waals surface area contributed by atoms with E-state index in [9.17, 15) is 8.78 Å². The van der Waals surface area contributed by atoms with Crippen molar-refractivity contribution in [2.24, 2.45) is 0 Å². The van der Waals surface area contributed by atoms with Crippen molar-refractivity contribution >= 4 is 5.57 Å². The molecule has 0 bridgehead atoms. The number of hydrogen-bond acceptors (Lipinski definition) is 1. The lowest BCUT2D eigenvalue weighted by atomic mass is 9.94. The van der Waals surface area contributed by atoms with Gasteiger partial charge in [0.15, 0.2) is 0 Å². The first kappa shape index (κ1) is 11.1. The SMILES string of the molecule is FC(F)Oc1ccc(C2=CCCCC2)cc1. The van der Waals surface area contributed by atoms with Gasteiger partial charge in [0, 0.05) is 0 Å². The van der Waals surface area contributed by atoms with Crippen LogP contribution in [0.25, 0.3) is 5.57 Å². The molecule has 0 spiro atoms. The second-order valence-electron chi connectivity index (χ2n) is 3.88. The summed E-state index contributed by atoms with van der Waals surface area (Å²) in [5.41, 5.74) is 2.43. The number of benzene rings is 1. The number of ether oxygens (including phenoxy) is 1. The molecule has 2 rings (SSSR count). The maximum Gasteiger partial charge on any atom is 0.387 e. The largest absolute Gasteiger partial charge is 0.435 e. The smallest absolute Gasteiger partial charge is 0.387 e. The zero-order chi connectivity index (χ0) is 11.4. The van der Waals surface area contributed by atoms with E-state index in [4.69, 9.17) is 0 Å². The minimum absolute atomic E-state index is 0.218. The summed E-state index contributed by atoms with van der Waals surface area (Å²) in [4.78, 5) is 0. The minimum atomic E-state index is -2.75. The van der Waals surface area contributed by atoms with Crippen molar-refractivity contribution < 1.29 is 13.5 Å². The third-order valence-corrected chi connectivity index (χ3v) is 2.74. The highest BCUT2D eigenvalue weighted by Gasteiger charge is 2.07. The maximum atomic E-state index is 11.9. The van der Waals surface area contributed by atoms with Crippen molar-refractivity contribution in [2.75, 3.05) is 0 Å². The molecule has 0 saturated heterocycles. The third-order valence-electron chi connectivity index (χ3n) is 2.74. The van der Waals surface area contributed by atoms with Gasteiger partial charge in [-0.05, 0) is 49.0 Å². The predicted octanol–water partition coefficient (Wildman–Crippen LogP) is 4.25. The quantitative estimate of drug-likeness (QED) is 0.746. The molecule has 0 fully saturated rings. The van der Waals surface area contributed by atoms with Crippen molar-refractivity contribution in [3.8, 4) is 5.75 Å². The molecule has 0 unspecified atom stereocenters. The summed E-state index contributed by atoms with van der Waals surface area (Å²) in [6, 6.07) is 6.87. The molecular weight excluding hydrogens is 210 g/mol. The van der Waals surface area contributed by atoms with Crippen LogP contribution in [-0.2, 0) is 0 Å². The summed E-state index contributed by atoms with van der Waals surface area (Å²) in [6.45, 7) is -2.75.